The lowest BCUT2D eigenvalue weighted by Gasteiger charge is -2.41. The summed E-state index contributed by atoms with van der Waals surface area (Å²) in [6.07, 6.45) is 4.92. The van der Waals surface area contributed by atoms with Crippen LogP contribution in [0.25, 0.3) is 0 Å². The number of rotatable bonds is 4. The van der Waals surface area contributed by atoms with Crippen molar-refractivity contribution in [3.8, 4) is 0 Å². The van der Waals surface area contributed by atoms with Gasteiger partial charge in [0.1, 0.15) is 5.60 Å². The fourth-order valence-corrected chi connectivity index (χ4v) is 3.77. The SMILES string of the molecule is COC1(C(=O)C2CC2c2ccccc2)CCC(C)(C)CC1. The van der Waals surface area contributed by atoms with Crippen molar-refractivity contribution in [3.05, 3.63) is 35.9 Å². The van der Waals surface area contributed by atoms with Crippen LogP contribution >= 0.6 is 0 Å². The number of carbonyl (C=O) groups is 1. The summed E-state index contributed by atoms with van der Waals surface area (Å²) < 4.78 is 5.77. The van der Waals surface area contributed by atoms with Crippen molar-refractivity contribution in [1.29, 1.82) is 0 Å². The summed E-state index contributed by atoms with van der Waals surface area (Å²) in [6.45, 7) is 4.59. The molecule has 2 saturated carbocycles. The highest BCUT2D eigenvalue weighted by Gasteiger charge is 2.53. The number of Topliss-reactive ketones (excluding diaryl/α,β-unsaturated/α-hetero) is 1. The molecule has 1 aromatic rings. The van der Waals surface area contributed by atoms with E-state index in [1.807, 2.05) is 6.07 Å². The number of benzene rings is 1. The lowest BCUT2D eigenvalue weighted by Crippen LogP contribution is -2.46. The van der Waals surface area contributed by atoms with Gasteiger partial charge in [-0.25, -0.2) is 0 Å². The first-order valence-corrected chi connectivity index (χ1v) is 8.12. The highest BCUT2D eigenvalue weighted by molar-refractivity contribution is 5.92. The number of methoxy groups -OCH3 is 1. The summed E-state index contributed by atoms with van der Waals surface area (Å²) >= 11 is 0. The third-order valence-electron chi connectivity index (χ3n) is 5.61. The van der Waals surface area contributed by atoms with Gasteiger partial charge in [-0.2, -0.15) is 0 Å². The molecule has 2 heteroatoms. The fourth-order valence-electron chi connectivity index (χ4n) is 3.77. The lowest BCUT2D eigenvalue weighted by atomic mass is 9.68. The molecule has 3 rings (SSSR count). The zero-order valence-corrected chi connectivity index (χ0v) is 13.4. The zero-order valence-electron chi connectivity index (χ0n) is 13.4. The maximum atomic E-state index is 13.0. The van der Waals surface area contributed by atoms with E-state index in [0.717, 1.165) is 32.1 Å². The molecular weight excluding hydrogens is 260 g/mol. The van der Waals surface area contributed by atoms with Gasteiger partial charge in [-0.1, -0.05) is 44.2 Å². The third-order valence-corrected chi connectivity index (χ3v) is 5.61. The van der Waals surface area contributed by atoms with Gasteiger partial charge >= 0.3 is 0 Å². The molecule has 2 unspecified atom stereocenters. The standard InChI is InChI=1S/C19H26O2/c1-18(2)9-11-19(21-3,12-10-18)17(20)16-13-15(16)14-7-5-4-6-8-14/h4-8,15-16H,9-13H2,1-3H3. The lowest BCUT2D eigenvalue weighted by molar-refractivity contribution is -0.149. The van der Waals surface area contributed by atoms with E-state index >= 15 is 0 Å². The molecule has 0 amide bonds. The average molecular weight is 286 g/mol. The Morgan fingerprint density at radius 3 is 2.29 bits per heavy atom. The van der Waals surface area contributed by atoms with Crippen molar-refractivity contribution >= 4 is 5.78 Å². The van der Waals surface area contributed by atoms with Crippen LogP contribution in [0, 0.1) is 11.3 Å². The summed E-state index contributed by atoms with van der Waals surface area (Å²) in [5.74, 6) is 0.948. The molecule has 0 bridgehead atoms. The van der Waals surface area contributed by atoms with Crippen molar-refractivity contribution in [2.75, 3.05) is 7.11 Å². The highest BCUT2D eigenvalue weighted by Crippen LogP contribution is 2.53. The van der Waals surface area contributed by atoms with E-state index in [0.29, 0.717) is 17.1 Å². The molecule has 21 heavy (non-hydrogen) atoms. The Balaban J connectivity index is 1.71. The van der Waals surface area contributed by atoms with E-state index in [4.69, 9.17) is 4.74 Å². The molecule has 0 aromatic heterocycles. The van der Waals surface area contributed by atoms with E-state index in [1.54, 1.807) is 7.11 Å². The quantitative estimate of drug-likeness (QED) is 0.822. The van der Waals surface area contributed by atoms with Crippen LogP contribution in [0.15, 0.2) is 30.3 Å². The number of carbonyl (C=O) groups excluding carboxylic acids is 1. The summed E-state index contributed by atoms with van der Waals surface area (Å²) in [5.41, 5.74) is 1.15. The first-order valence-electron chi connectivity index (χ1n) is 8.12. The molecule has 114 valence electrons. The molecule has 2 aliphatic carbocycles. The number of ether oxygens (including phenoxy) is 1. The van der Waals surface area contributed by atoms with Crippen LogP contribution < -0.4 is 0 Å². The summed E-state index contributed by atoms with van der Waals surface area (Å²) in [6, 6.07) is 10.4. The molecule has 2 atom stereocenters. The van der Waals surface area contributed by atoms with Crippen LogP contribution in [0.5, 0.6) is 0 Å². The van der Waals surface area contributed by atoms with Gasteiger partial charge < -0.3 is 4.74 Å². The molecule has 0 aliphatic heterocycles. The Labute approximate surface area is 127 Å². The van der Waals surface area contributed by atoms with Crippen molar-refractivity contribution in [3.63, 3.8) is 0 Å². The van der Waals surface area contributed by atoms with Gasteiger partial charge in [0.05, 0.1) is 0 Å². The molecule has 0 saturated heterocycles. The first kappa shape index (κ1) is 14.8. The van der Waals surface area contributed by atoms with Gasteiger partial charge in [0.15, 0.2) is 5.78 Å². The Morgan fingerprint density at radius 2 is 1.71 bits per heavy atom. The Kier molecular flexibility index (Phi) is 3.69. The van der Waals surface area contributed by atoms with Crippen molar-refractivity contribution in [2.24, 2.45) is 11.3 Å². The Morgan fingerprint density at radius 1 is 1.10 bits per heavy atom. The molecule has 1 aromatic carbocycles. The first-order chi connectivity index (χ1) is 9.97. The topological polar surface area (TPSA) is 26.3 Å². The predicted molar refractivity (Wildman–Crippen MR) is 84.3 cm³/mol. The van der Waals surface area contributed by atoms with Crippen LogP contribution in [-0.4, -0.2) is 18.5 Å². The molecular formula is C19H26O2. The van der Waals surface area contributed by atoms with Gasteiger partial charge in [0.25, 0.3) is 0 Å². The van der Waals surface area contributed by atoms with E-state index in [9.17, 15) is 4.79 Å². The van der Waals surface area contributed by atoms with E-state index < -0.39 is 5.60 Å². The van der Waals surface area contributed by atoms with Crippen LogP contribution in [-0.2, 0) is 9.53 Å². The maximum absolute atomic E-state index is 13.0. The van der Waals surface area contributed by atoms with Crippen LogP contribution in [0.2, 0.25) is 0 Å². The zero-order chi connectivity index (χ0) is 15.1. The van der Waals surface area contributed by atoms with Gasteiger partial charge in [-0.15, -0.1) is 0 Å². The molecule has 2 fully saturated rings. The molecule has 2 aliphatic rings. The van der Waals surface area contributed by atoms with Gasteiger partial charge in [-0.05, 0) is 49.0 Å². The molecule has 2 nitrogen and oxygen atoms in total. The minimum absolute atomic E-state index is 0.175. The predicted octanol–water partition coefficient (Wildman–Crippen LogP) is 4.34. The number of hydrogen-bond donors (Lipinski definition) is 0. The second kappa shape index (κ2) is 5.24. The molecule has 0 heterocycles. The fraction of sp³-hybridized carbons (Fsp3) is 0.632. The highest BCUT2D eigenvalue weighted by atomic mass is 16.5. The number of ketones is 1. The Hall–Kier alpha value is -1.15. The van der Waals surface area contributed by atoms with Crippen molar-refractivity contribution in [2.45, 2.75) is 57.5 Å². The van der Waals surface area contributed by atoms with Crippen molar-refractivity contribution < 1.29 is 9.53 Å². The van der Waals surface area contributed by atoms with Gasteiger partial charge in [0.2, 0.25) is 0 Å². The monoisotopic (exact) mass is 286 g/mol. The smallest absolute Gasteiger partial charge is 0.168 e. The van der Waals surface area contributed by atoms with E-state index in [1.165, 1.54) is 5.56 Å². The van der Waals surface area contributed by atoms with Crippen LogP contribution in [0.4, 0.5) is 0 Å². The summed E-state index contributed by atoms with van der Waals surface area (Å²) in [5, 5.41) is 0. The average Bonchev–Trinajstić information content (AvgIpc) is 3.29. The second-order valence-corrected chi connectivity index (χ2v) is 7.59. The van der Waals surface area contributed by atoms with E-state index in [2.05, 4.69) is 38.1 Å². The van der Waals surface area contributed by atoms with Crippen LogP contribution in [0.1, 0.15) is 57.4 Å². The molecule has 0 N–H and O–H groups in total. The summed E-state index contributed by atoms with van der Waals surface area (Å²) in [4.78, 5) is 13.0. The van der Waals surface area contributed by atoms with E-state index in [-0.39, 0.29) is 5.92 Å². The van der Waals surface area contributed by atoms with Crippen molar-refractivity contribution in [1.82, 2.24) is 0 Å². The molecule has 0 radical (unpaired) electrons. The number of hydrogen-bond acceptors (Lipinski definition) is 2. The van der Waals surface area contributed by atoms with Gasteiger partial charge in [-0.3, -0.25) is 4.79 Å². The molecule has 0 spiro atoms. The van der Waals surface area contributed by atoms with Crippen LogP contribution in [0.3, 0.4) is 0 Å². The third kappa shape index (κ3) is 2.78. The minimum Gasteiger partial charge on any atom is -0.370 e. The summed E-state index contributed by atoms with van der Waals surface area (Å²) in [7, 11) is 1.72. The largest absolute Gasteiger partial charge is 0.370 e. The normalized spacial score (nSPS) is 29.9. The van der Waals surface area contributed by atoms with Gasteiger partial charge in [0, 0.05) is 13.0 Å². The second-order valence-electron chi connectivity index (χ2n) is 7.59. The Bertz CT molecular complexity index is 508. The minimum atomic E-state index is -0.510. The maximum Gasteiger partial charge on any atom is 0.168 e.